The fraction of sp³-hybridized carbons (Fsp3) is 0.0323. The van der Waals surface area contributed by atoms with Crippen LogP contribution in [-0.2, 0) is 0 Å². The highest BCUT2D eigenvalue weighted by Gasteiger charge is 2.35. The molecule has 12 bridgehead atoms. The van der Waals surface area contributed by atoms with E-state index in [-0.39, 0.29) is 22.8 Å². The Morgan fingerprint density at radius 3 is 0.750 bits per heavy atom. The lowest BCUT2D eigenvalue weighted by Gasteiger charge is -2.18. The molecule has 0 radical (unpaired) electrons. The van der Waals surface area contributed by atoms with Crippen molar-refractivity contribution >= 4 is 90.7 Å². The van der Waals surface area contributed by atoms with E-state index in [4.69, 9.17) is 20.0 Å². The van der Waals surface area contributed by atoms with E-state index in [0.717, 1.165) is 21.5 Å². The molecular weight excluding hydrogens is 1050 g/mol. The number of halogens is 10. The Morgan fingerprint density at radius 2 is 0.500 bits per heavy atom. The average molecular weight is 1080 g/mol. The smallest absolute Gasteiger partial charge is 0.200 e. The summed E-state index contributed by atoms with van der Waals surface area (Å²) < 4.78 is 152. The highest BCUT2D eigenvalue weighted by molar-refractivity contribution is 6.09. The van der Waals surface area contributed by atoms with Crippen LogP contribution in [0, 0.1) is 58.2 Å². The van der Waals surface area contributed by atoms with E-state index in [9.17, 15) is 8.78 Å². The molecule has 0 saturated heterocycles. The lowest BCUT2D eigenvalue weighted by atomic mass is 9.91. The first-order valence-corrected chi connectivity index (χ1v) is 24.6. The minimum Gasteiger partial charge on any atom is -0.357 e. The Kier molecular flexibility index (Phi) is 12.0. The highest BCUT2D eigenvalue weighted by Crippen LogP contribution is 2.41. The molecule has 1 aliphatic rings. The SMILES string of the molecule is Fc1c(F)c(F)c(C2c3ccc([nH]3)C=Nc3cccc4cc5cccc(c5cc34)N=Cc3ccc([nH]3)C(c3c(F)c(F)c(F)c(F)c3F)c3ccc([nH]3)C=Nc3cccc4cc5cccc(c5cc34)N=Cc3ccc2[nH]3)c(F)c1F. The summed E-state index contributed by atoms with van der Waals surface area (Å²) in [7, 11) is 0. The van der Waals surface area contributed by atoms with Gasteiger partial charge in [-0.05, 0) is 119 Å². The van der Waals surface area contributed by atoms with E-state index >= 15 is 35.1 Å². The van der Waals surface area contributed by atoms with Gasteiger partial charge in [0, 0.05) is 55.4 Å². The van der Waals surface area contributed by atoms with Crippen LogP contribution in [0.1, 0.15) is 68.5 Å². The topological polar surface area (TPSA) is 113 Å². The molecule has 80 heavy (non-hydrogen) atoms. The van der Waals surface area contributed by atoms with Crippen LogP contribution < -0.4 is 0 Å². The zero-order valence-corrected chi connectivity index (χ0v) is 40.9. The van der Waals surface area contributed by atoms with E-state index in [1.165, 1.54) is 49.1 Å². The van der Waals surface area contributed by atoms with Crippen LogP contribution in [0.5, 0.6) is 0 Å². The highest BCUT2D eigenvalue weighted by atomic mass is 19.2. The van der Waals surface area contributed by atoms with Crippen LogP contribution >= 0.6 is 0 Å². The quantitative estimate of drug-likeness (QED) is 0.0572. The molecule has 12 aromatic rings. The average Bonchev–Trinajstić information content (AvgIpc) is 4.41. The van der Waals surface area contributed by atoms with Crippen LogP contribution in [0.3, 0.4) is 0 Å². The molecule has 0 unspecified atom stereocenters. The maximum absolute atomic E-state index is 15.9. The van der Waals surface area contributed by atoms with Crippen molar-refractivity contribution in [3.63, 3.8) is 0 Å². The first-order valence-electron chi connectivity index (χ1n) is 24.6. The van der Waals surface area contributed by atoms with Gasteiger partial charge in [-0.15, -0.1) is 0 Å². The zero-order chi connectivity index (χ0) is 55.1. The number of rotatable bonds is 2. The third-order valence-corrected chi connectivity index (χ3v) is 14.3. The summed E-state index contributed by atoms with van der Waals surface area (Å²) in [6.07, 6.45) is 5.82. The summed E-state index contributed by atoms with van der Waals surface area (Å²) in [5.74, 6) is -24.1. The molecule has 5 heterocycles. The van der Waals surface area contributed by atoms with Crippen LogP contribution in [0.15, 0.2) is 166 Å². The standard InChI is InChI=1S/C62H34F10N8/c63-53-51(54(64)58(68)61(71)57(53)67)49-45-17-13-33(77-45)25-73-41-9-1-5-29-21-30-6-2-10-42(38(30)23-37(29)41)74-26-34-14-19-47(78-34)50(52-55(65)59(69)62(72)60(70)56(52)66)48-20-16-36(80-48)28-76-44-12-4-8-32-22-31-7-3-11-43(39(31)24-40(32)44)75-27-35-15-18-46(49)79-35/h1-28,49-50,77-80H. The summed E-state index contributed by atoms with van der Waals surface area (Å²) in [5.41, 5.74) is 1.31. The van der Waals surface area contributed by atoms with Gasteiger partial charge in [0.25, 0.3) is 0 Å². The predicted octanol–water partition coefficient (Wildman–Crippen LogP) is 16.7. The second-order valence-corrected chi connectivity index (χ2v) is 19.0. The Bertz CT molecular complexity index is 4090. The number of nitrogens with one attached hydrogen (secondary N) is 4. The van der Waals surface area contributed by atoms with Gasteiger partial charge in [0.15, 0.2) is 46.5 Å². The molecule has 0 saturated carbocycles. The maximum atomic E-state index is 15.9. The molecule has 0 spiro atoms. The molecule has 8 nitrogen and oxygen atoms in total. The van der Waals surface area contributed by atoms with Crippen molar-refractivity contribution in [2.75, 3.05) is 0 Å². The van der Waals surface area contributed by atoms with Crippen molar-refractivity contribution in [2.45, 2.75) is 11.8 Å². The van der Waals surface area contributed by atoms with Gasteiger partial charge < -0.3 is 19.9 Å². The van der Waals surface area contributed by atoms with Crippen molar-refractivity contribution in [1.82, 2.24) is 19.9 Å². The van der Waals surface area contributed by atoms with E-state index in [1.54, 1.807) is 72.8 Å². The van der Waals surface area contributed by atoms with Crippen molar-refractivity contribution < 1.29 is 43.9 Å². The van der Waals surface area contributed by atoms with Crippen molar-refractivity contribution in [3.8, 4) is 0 Å². The van der Waals surface area contributed by atoms with Crippen LogP contribution in [0.2, 0.25) is 0 Å². The second kappa shape index (κ2) is 19.4. The van der Waals surface area contributed by atoms with Gasteiger partial charge >= 0.3 is 0 Å². The van der Waals surface area contributed by atoms with E-state index in [2.05, 4.69) is 19.9 Å². The molecule has 13 rings (SSSR count). The van der Waals surface area contributed by atoms with Crippen LogP contribution in [0.4, 0.5) is 66.7 Å². The number of aromatic amines is 4. The van der Waals surface area contributed by atoms with Crippen LogP contribution in [-0.4, -0.2) is 44.8 Å². The largest absolute Gasteiger partial charge is 0.357 e. The Balaban J connectivity index is 0.981. The lowest BCUT2D eigenvalue weighted by molar-refractivity contribution is 0.368. The molecule has 8 aromatic carbocycles. The van der Waals surface area contributed by atoms with E-state index in [0.29, 0.717) is 67.1 Å². The Labute approximate surface area is 445 Å². The number of hydrogen-bond acceptors (Lipinski definition) is 4. The Morgan fingerprint density at radius 1 is 0.263 bits per heavy atom. The molecule has 0 aliphatic carbocycles. The number of hydrogen-bond donors (Lipinski definition) is 4. The zero-order valence-electron chi connectivity index (χ0n) is 40.9. The summed E-state index contributed by atoms with van der Waals surface area (Å²) in [4.78, 5) is 31.3. The molecule has 0 fully saturated rings. The fourth-order valence-corrected chi connectivity index (χ4v) is 10.4. The third kappa shape index (κ3) is 8.43. The first-order chi connectivity index (χ1) is 38.8. The van der Waals surface area contributed by atoms with Crippen LogP contribution in [0.25, 0.3) is 43.1 Å². The van der Waals surface area contributed by atoms with Gasteiger partial charge in [-0.2, -0.15) is 0 Å². The maximum Gasteiger partial charge on any atom is 0.200 e. The number of H-pyrrole nitrogens is 4. The van der Waals surface area contributed by atoms with E-state index in [1.807, 2.05) is 48.5 Å². The normalized spacial score (nSPS) is 14.7. The van der Waals surface area contributed by atoms with E-state index < -0.39 is 81.1 Å². The van der Waals surface area contributed by atoms with Gasteiger partial charge in [0.05, 0.1) is 82.2 Å². The van der Waals surface area contributed by atoms with Gasteiger partial charge in [-0.1, -0.05) is 48.5 Å². The molecular formula is C62H34F10N8. The fourth-order valence-electron chi connectivity index (χ4n) is 10.4. The summed E-state index contributed by atoms with van der Waals surface area (Å²) in [5, 5.41) is 5.91. The summed E-state index contributed by atoms with van der Waals surface area (Å²) in [6, 6.07) is 41.4. The van der Waals surface area contributed by atoms with Gasteiger partial charge in [-0.25, -0.2) is 43.9 Å². The van der Waals surface area contributed by atoms with Gasteiger partial charge in [0.1, 0.15) is 0 Å². The monoisotopic (exact) mass is 1080 g/mol. The number of aromatic nitrogens is 4. The van der Waals surface area contributed by atoms with Crippen molar-refractivity contribution in [2.24, 2.45) is 20.0 Å². The molecule has 4 aromatic heterocycles. The van der Waals surface area contributed by atoms with Crippen molar-refractivity contribution in [1.29, 1.82) is 0 Å². The molecule has 1 aliphatic heterocycles. The lowest BCUT2D eigenvalue weighted by Crippen LogP contribution is -2.14. The number of benzene rings is 8. The number of fused-ring (bicyclic) bond motifs is 8. The third-order valence-electron chi connectivity index (χ3n) is 14.3. The van der Waals surface area contributed by atoms with Crippen molar-refractivity contribution in [3.05, 3.63) is 260 Å². The number of nitrogens with zero attached hydrogens (tertiary/aromatic N) is 4. The first kappa shape index (κ1) is 49.5. The molecule has 0 atom stereocenters. The van der Waals surface area contributed by atoms with Gasteiger partial charge in [-0.3, -0.25) is 20.0 Å². The number of aliphatic imine (C=N–C) groups is 4. The molecule has 4 N–H and O–H groups in total. The minimum absolute atomic E-state index is 0.0655. The predicted molar refractivity (Wildman–Crippen MR) is 289 cm³/mol. The molecule has 392 valence electrons. The summed E-state index contributed by atoms with van der Waals surface area (Å²) >= 11 is 0. The minimum atomic E-state index is -2.29. The second-order valence-electron chi connectivity index (χ2n) is 19.0. The molecule has 18 heteroatoms. The molecule has 0 amide bonds. The van der Waals surface area contributed by atoms with Gasteiger partial charge in [0.2, 0.25) is 11.6 Å². The summed E-state index contributed by atoms with van der Waals surface area (Å²) in [6.45, 7) is 0. The Hall–Kier alpha value is -10.1.